The van der Waals surface area contributed by atoms with Gasteiger partial charge in [-0.15, -0.1) is 0 Å². The molecule has 2 aliphatic heterocycles. The summed E-state index contributed by atoms with van der Waals surface area (Å²) in [6, 6.07) is 2.76. The Bertz CT molecular complexity index is 805. The molecule has 4 rings (SSSR count). The van der Waals surface area contributed by atoms with Crippen molar-refractivity contribution in [2.45, 2.75) is 25.0 Å². The van der Waals surface area contributed by atoms with Gasteiger partial charge in [0.2, 0.25) is 0 Å². The van der Waals surface area contributed by atoms with Crippen LogP contribution in [-0.2, 0) is 41.8 Å². The van der Waals surface area contributed by atoms with E-state index in [0.717, 1.165) is 0 Å². The number of rotatable bonds is 8. The molecule has 0 fully saturated rings. The van der Waals surface area contributed by atoms with Gasteiger partial charge in [-0.1, -0.05) is 12.1 Å². The van der Waals surface area contributed by atoms with Gasteiger partial charge in [-0.25, -0.2) is 9.78 Å². The van der Waals surface area contributed by atoms with Gasteiger partial charge in [-0.2, -0.15) is 0 Å². The maximum Gasteiger partial charge on any atom is 1.00 e. The molecule has 1 aliphatic carbocycles. The average Bonchev–Trinajstić information content (AvgIpc) is 2.64. The van der Waals surface area contributed by atoms with E-state index in [-0.39, 0.29) is 118 Å². The summed E-state index contributed by atoms with van der Waals surface area (Å²) in [6.07, 6.45) is 0.681. The van der Waals surface area contributed by atoms with Crippen LogP contribution in [0.3, 0.4) is 0 Å². The Morgan fingerprint density at radius 1 is 0.656 bits per heavy atom. The van der Waals surface area contributed by atoms with Gasteiger partial charge in [0, 0.05) is 11.8 Å². The molecule has 10 nitrogen and oxygen atoms in total. The van der Waals surface area contributed by atoms with Crippen LogP contribution in [0, 0.1) is 11.8 Å². The fourth-order valence-electron chi connectivity index (χ4n) is 3.39. The molecule has 2 heterocycles. The van der Waals surface area contributed by atoms with Gasteiger partial charge in [0.05, 0.1) is 23.9 Å². The molecular formula is C18H12Na4O10. The van der Waals surface area contributed by atoms with Crippen LogP contribution in [0.25, 0.3) is 0 Å². The van der Waals surface area contributed by atoms with Crippen LogP contribution in [0.5, 0.6) is 0 Å². The summed E-state index contributed by atoms with van der Waals surface area (Å²) in [4.78, 5) is 54.6. The van der Waals surface area contributed by atoms with E-state index in [4.69, 9.17) is 9.78 Å². The van der Waals surface area contributed by atoms with Crippen molar-refractivity contribution in [2.24, 2.45) is 11.8 Å². The summed E-state index contributed by atoms with van der Waals surface area (Å²) < 4.78 is 0. The first-order chi connectivity index (χ1) is 13.2. The molecule has 2 atom stereocenters. The molecule has 3 aliphatic rings. The first-order valence-electron chi connectivity index (χ1n) is 8.19. The minimum Gasteiger partial charge on any atom is -0.549 e. The molecular weight excluding hydrogens is 468 g/mol. The third-order valence-electron chi connectivity index (χ3n) is 4.75. The van der Waals surface area contributed by atoms with Crippen LogP contribution < -0.4 is 139 Å². The van der Waals surface area contributed by atoms with E-state index in [1.165, 1.54) is 12.1 Å². The Hall–Kier alpha value is 0.760. The molecule has 1 aromatic rings. The molecule has 0 saturated heterocycles. The van der Waals surface area contributed by atoms with Crippen molar-refractivity contribution >= 4 is 23.9 Å². The van der Waals surface area contributed by atoms with Gasteiger partial charge >= 0.3 is 118 Å². The van der Waals surface area contributed by atoms with E-state index in [2.05, 4.69) is 0 Å². The van der Waals surface area contributed by atoms with Crippen molar-refractivity contribution in [1.82, 2.24) is 0 Å². The van der Waals surface area contributed by atoms with Gasteiger partial charge in [0.15, 0.2) is 0 Å². The SMILES string of the molecule is O=C([O-])C(Cc1ccc(CC(C(=O)[O-])C(=O)[O-])c2c1[C@@H]1C=C[C@H]2OO1)C(=O)[O-].[Na+].[Na+].[Na+].[Na+]. The zero-order chi connectivity index (χ0) is 20.6. The first kappa shape index (κ1) is 34.9. The topological polar surface area (TPSA) is 179 Å². The molecule has 0 saturated carbocycles. The zero-order valence-corrected chi connectivity index (χ0v) is 26.1. The molecule has 0 spiro atoms. The third-order valence-corrected chi connectivity index (χ3v) is 4.75. The number of carboxylic acid groups (broad SMARTS) is 4. The summed E-state index contributed by atoms with van der Waals surface area (Å²) >= 11 is 0. The number of aliphatic carboxylic acids is 4. The molecule has 0 unspecified atom stereocenters. The minimum atomic E-state index is -1.92. The molecule has 0 radical (unpaired) electrons. The summed E-state index contributed by atoms with van der Waals surface area (Å²) in [5.74, 6) is -11.1. The van der Waals surface area contributed by atoms with E-state index in [0.29, 0.717) is 22.3 Å². The second kappa shape index (κ2) is 15.0. The standard InChI is InChI=1S/C18H16O10.4Na/c19-15(20)9(16(21)22)5-7-1-2-8(6-10(17(23)24)18(25)26)14-12-4-3-11(13(7)14)27-28-12;;;;/h1-4,9-12H,5-6H2,(H,19,20)(H,21,22)(H,23,24)(H,25,26);;;;/q;4*+1/p-4/t11-,12+;;;;. The number of benzene rings is 1. The van der Waals surface area contributed by atoms with Gasteiger partial charge < -0.3 is 39.6 Å². The van der Waals surface area contributed by atoms with E-state index >= 15 is 0 Å². The predicted molar refractivity (Wildman–Crippen MR) is 77.7 cm³/mol. The quantitative estimate of drug-likeness (QED) is 0.150. The second-order valence-electron chi connectivity index (χ2n) is 6.42. The van der Waals surface area contributed by atoms with Crippen molar-refractivity contribution in [2.75, 3.05) is 0 Å². The Labute approximate surface area is 271 Å². The van der Waals surface area contributed by atoms with Gasteiger partial charge in [-0.3, -0.25) is 0 Å². The Morgan fingerprint density at radius 2 is 0.938 bits per heavy atom. The molecule has 32 heavy (non-hydrogen) atoms. The molecule has 0 N–H and O–H groups in total. The second-order valence-corrected chi connectivity index (χ2v) is 6.42. The molecule has 148 valence electrons. The van der Waals surface area contributed by atoms with E-state index in [1.807, 2.05) is 0 Å². The van der Waals surface area contributed by atoms with Gasteiger partial charge in [0.1, 0.15) is 12.2 Å². The molecule has 0 amide bonds. The molecule has 14 heteroatoms. The largest absolute Gasteiger partial charge is 1.00 e. The number of carboxylic acids is 4. The van der Waals surface area contributed by atoms with Crippen LogP contribution in [0.15, 0.2) is 24.3 Å². The summed E-state index contributed by atoms with van der Waals surface area (Å²) in [5.41, 5.74) is 1.36. The monoisotopic (exact) mass is 480 g/mol. The zero-order valence-electron chi connectivity index (χ0n) is 18.1. The van der Waals surface area contributed by atoms with E-state index in [9.17, 15) is 39.6 Å². The average molecular weight is 480 g/mol. The molecule has 2 bridgehead atoms. The predicted octanol–water partition coefficient (Wildman–Crippen LogP) is -16.4. The van der Waals surface area contributed by atoms with Crippen LogP contribution in [0.1, 0.15) is 34.5 Å². The first-order valence-corrected chi connectivity index (χ1v) is 8.19. The van der Waals surface area contributed by atoms with Crippen LogP contribution in [-0.4, -0.2) is 23.9 Å². The van der Waals surface area contributed by atoms with Crippen molar-refractivity contribution in [1.29, 1.82) is 0 Å². The maximum atomic E-state index is 11.1. The van der Waals surface area contributed by atoms with E-state index in [1.54, 1.807) is 12.2 Å². The normalized spacial score (nSPS) is 17.2. The Kier molecular flexibility index (Phi) is 16.4. The summed E-state index contributed by atoms with van der Waals surface area (Å²) in [6.45, 7) is 0. The molecule has 0 aromatic heterocycles. The smallest absolute Gasteiger partial charge is 0.549 e. The number of carbonyl (C=O) groups is 4. The minimum absolute atomic E-state index is 0. The summed E-state index contributed by atoms with van der Waals surface area (Å²) in [5, 5.41) is 44.4. The van der Waals surface area contributed by atoms with Crippen molar-refractivity contribution in [3.8, 4) is 0 Å². The van der Waals surface area contributed by atoms with Crippen LogP contribution in [0.2, 0.25) is 0 Å². The van der Waals surface area contributed by atoms with Crippen molar-refractivity contribution < 1.29 is 168 Å². The maximum absolute atomic E-state index is 11.1. The van der Waals surface area contributed by atoms with Gasteiger partial charge in [0.25, 0.3) is 0 Å². The van der Waals surface area contributed by atoms with Crippen molar-refractivity contribution in [3.63, 3.8) is 0 Å². The Morgan fingerprint density at radius 3 is 1.16 bits per heavy atom. The number of carbonyl (C=O) groups excluding carboxylic acids is 4. The number of hydrogen-bond donors (Lipinski definition) is 0. The van der Waals surface area contributed by atoms with E-state index < -0.39 is 60.8 Å². The third kappa shape index (κ3) is 7.63. The van der Waals surface area contributed by atoms with Crippen molar-refractivity contribution in [3.05, 3.63) is 46.5 Å². The van der Waals surface area contributed by atoms with Crippen LogP contribution in [0.4, 0.5) is 0 Å². The van der Waals surface area contributed by atoms with Gasteiger partial charge in [-0.05, 0) is 47.2 Å². The Balaban J connectivity index is 0. The fourth-order valence-corrected chi connectivity index (χ4v) is 3.39. The molecule has 1 aromatic carbocycles. The fraction of sp³-hybridized carbons (Fsp3) is 0.333. The van der Waals surface area contributed by atoms with Crippen LogP contribution >= 0.6 is 0 Å². The summed E-state index contributed by atoms with van der Waals surface area (Å²) in [7, 11) is 0. The number of fused-ring (bicyclic) bond motifs is 1. The number of hydrogen-bond acceptors (Lipinski definition) is 10.